The zero-order valence-corrected chi connectivity index (χ0v) is 18.4. The van der Waals surface area contributed by atoms with Gasteiger partial charge in [0, 0.05) is 31.7 Å². The average molecular weight is 426 g/mol. The van der Waals surface area contributed by atoms with Gasteiger partial charge in [-0.1, -0.05) is 24.3 Å². The molecule has 0 aromatic heterocycles. The predicted octanol–water partition coefficient (Wildman–Crippen LogP) is 3.32. The first-order chi connectivity index (χ1) is 15.0. The Hall–Kier alpha value is -2.77. The zero-order valence-electron chi connectivity index (χ0n) is 18.4. The Balaban J connectivity index is 1.42. The van der Waals surface area contributed by atoms with Crippen molar-refractivity contribution >= 4 is 11.7 Å². The van der Waals surface area contributed by atoms with E-state index in [0.29, 0.717) is 18.0 Å². The molecule has 0 bridgehead atoms. The van der Waals surface area contributed by atoms with Crippen molar-refractivity contribution in [1.82, 2.24) is 10.2 Å². The fraction of sp³-hybridized carbons (Fsp3) is 0.458. The number of hydrogen-bond donors (Lipinski definition) is 2. The molecule has 0 aliphatic carbocycles. The molecule has 0 spiro atoms. The van der Waals surface area contributed by atoms with Gasteiger partial charge in [-0.05, 0) is 49.1 Å². The lowest BCUT2D eigenvalue weighted by atomic mass is 9.96. The third-order valence-corrected chi connectivity index (χ3v) is 6.55. The maximum absolute atomic E-state index is 12.6. The number of rotatable bonds is 6. The number of ether oxygens (including phenoxy) is 2. The minimum absolute atomic E-state index is 0.0180. The van der Waals surface area contributed by atoms with Gasteiger partial charge in [0.25, 0.3) is 0 Å². The minimum atomic E-state index is -0.643. The monoisotopic (exact) mass is 425 g/mol. The van der Waals surface area contributed by atoms with Crippen molar-refractivity contribution in [2.75, 3.05) is 32.2 Å². The van der Waals surface area contributed by atoms with Crippen LogP contribution in [-0.4, -0.2) is 55.4 Å². The molecular weight excluding hydrogens is 394 g/mol. The van der Waals surface area contributed by atoms with E-state index in [1.165, 1.54) is 0 Å². The number of para-hydroxylation sites is 1. The standard InChI is InChI=1S/C24H31N3O4/c1-16(23(28)17-8-9-21(30-2)22(14-17)31-3)26-12-10-19(11-13-26)27-20-7-5-4-6-18(20)15-25-24(27)29/h4-9,14,16,19,23,28H,10-13,15H2,1-3H3,(H,25,29). The van der Waals surface area contributed by atoms with Crippen molar-refractivity contribution in [1.29, 1.82) is 0 Å². The highest BCUT2D eigenvalue weighted by Crippen LogP contribution is 2.34. The molecule has 0 saturated carbocycles. The quantitative estimate of drug-likeness (QED) is 0.743. The molecule has 2 aromatic carbocycles. The van der Waals surface area contributed by atoms with E-state index in [0.717, 1.165) is 42.7 Å². The van der Waals surface area contributed by atoms with Crippen LogP contribution in [0.25, 0.3) is 0 Å². The Bertz CT molecular complexity index is 927. The number of methoxy groups -OCH3 is 2. The van der Waals surface area contributed by atoms with E-state index in [1.54, 1.807) is 14.2 Å². The van der Waals surface area contributed by atoms with E-state index in [1.807, 2.05) is 48.2 Å². The molecule has 31 heavy (non-hydrogen) atoms. The molecule has 2 N–H and O–H groups in total. The first kappa shape index (κ1) is 21.5. The van der Waals surface area contributed by atoms with Crippen molar-refractivity contribution in [3.05, 3.63) is 53.6 Å². The van der Waals surface area contributed by atoms with Gasteiger partial charge >= 0.3 is 6.03 Å². The van der Waals surface area contributed by atoms with Gasteiger partial charge in [-0.15, -0.1) is 0 Å². The number of carbonyl (C=O) groups excluding carboxylic acids is 1. The number of aliphatic hydroxyl groups excluding tert-OH is 1. The number of nitrogens with zero attached hydrogens (tertiary/aromatic N) is 2. The smallest absolute Gasteiger partial charge is 0.322 e. The van der Waals surface area contributed by atoms with E-state index in [2.05, 4.69) is 16.3 Å². The number of nitrogens with one attached hydrogen (secondary N) is 1. The number of urea groups is 1. The number of anilines is 1. The van der Waals surface area contributed by atoms with Gasteiger partial charge in [0.2, 0.25) is 0 Å². The highest BCUT2D eigenvalue weighted by molar-refractivity contribution is 5.95. The Labute approximate surface area is 183 Å². The fourth-order valence-corrected chi connectivity index (χ4v) is 4.69. The lowest BCUT2D eigenvalue weighted by Crippen LogP contribution is -2.54. The topological polar surface area (TPSA) is 74.3 Å². The van der Waals surface area contributed by atoms with Crippen LogP contribution in [-0.2, 0) is 6.54 Å². The van der Waals surface area contributed by atoms with Crippen LogP contribution in [0.1, 0.15) is 37.0 Å². The molecule has 2 atom stereocenters. The Morgan fingerprint density at radius 2 is 1.77 bits per heavy atom. The summed E-state index contributed by atoms with van der Waals surface area (Å²) in [5.41, 5.74) is 2.97. The first-order valence-corrected chi connectivity index (χ1v) is 10.8. The van der Waals surface area contributed by atoms with Gasteiger partial charge < -0.3 is 19.9 Å². The van der Waals surface area contributed by atoms with Crippen molar-refractivity contribution in [3.63, 3.8) is 0 Å². The SMILES string of the molecule is COc1ccc(C(O)C(C)N2CCC(N3C(=O)NCc4ccccc43)CC2)cc1OC. The van der Waals surface area contributed by atoms with Gasteiger partial charge in [0.1, 0.15) is 0 Å². The summed E-state index contributed by atoms with van der Waals surface area (Å²) in [5, 5.41) is 14.0. The number of likely N-dealkylation sites (tertiary alicyclic amines) is 1. The fourth-order valence-electron chi connectivity index (χ4n) is 4.69. The molecule has 2 unspecified atom stereocenters. The summed E-state index contributed by atoms with van der Waals surface area (Å²) in [5.74, 6) is 1.26. The number of amides is 2. The second kappa shape index (κ2) is 9.16. The van der Waals surface area contributed by atoms with Gasteiger partial charge in [-0.3, -0.25) is 9.80 Å². The van der Waals surface area contributed by atoms with Crippen LogP contribution in [0, 0.1) is 0 Å². The van der Waals surface area contributed by atoms with Crippen LogP contribution in [0.4, 0.5) is 10.5 Å². The van der Waals surface area contributed by atoms with E-state index >= 15 is 0 Å². The molecule has 7 heteroatoms. The zero-order chi connectivity index (χ0) is 22.0. The number of aliphatic hydroxyl groups is 1. The molecule has 4 rings (SSSR count). The van der Waals surface area contributed by atoms with Gasteiger partial charge in [-0.25, -0.2) is 4.79 Å². The van der Waals surface area contributed by atoms with Gasteiger partial charge in [0.05, 0.1) is 26.0 Å². The normalized spacial score (nSPS) is 19.4. The van der Waals surface area contributed by atoms with Crippen molar-refractivity contribution in [2.24, 2.45) is 0 Å². The summed E-state index contributed by atoms with van der Waals surface area (Å²) in [6.45, 7) is 4.27. The molecule has 166 valence electrons. The average Bonchev–Trinajstić information content (AvgIpc) is 2.82. The number of benzene rings is 2. The highest BCUT2D eigenvalue weighted by atomic mass is 16.5. The number of hydrogen-bond acceptors (Lipinski definition) is 5. The molecular formula is C24H31N3O4. The largest absolute Gasteiger partial charge is 0.493 e. The Morgan fingerprint density at radius 1 is 1.06 bits per heavy atom. The molecule has 1 fully saturated rings. The number of carbonyl (C=O) groups is 1. The first-order valence-electron chi connectivity index (χ1n) is 10.8. The molecule has 2 aliphatic heterocycles. The number of piperidine rings is 1. The second-order valence-corrected chi connectivity index (χ2v) is 8.22. The molecule has 7 nitrogen and oxygen atoms in total. The van der Waals surface area contributed by atoms with Crippen LogP contribution in [0.2, 0.25) is 0 Å². The van der Waals surface area contributed by atoms with E-state index in [4.69, 9.17) is 9.47 Å². The molecule has 2 aliphatic rings. The Kier molecular flexibility index (Phi) is 6.34. The Morgan fingerprint density at radius 3 is 2.48 bits per heavy atom. The van der Waals surface area contributed by atoms with Crippen molar-refractivity contribution < 1.29 is 19.4 Å². The molecule has 2 aromatic rings. The van der Waals surface area contributed by atoms with Crippen LogP contribution in [0.3, 0.4) is 0 Å². The van der Waals surface area contributed by atoms with Crippen LogP contribution in [0.5, 0.6) is 11.5 Å². The van der Waals surface area contributed by atoms with Crippen molar-refractivity contribution in [3.8, 4) is 11.5 Å². The summed E-state index contributed by atoms with van der Waals surface area (Å²) in [6.07, 6.45) is 1.09. The molecule has 2 amide bonds. The van der Waals surface area contributed by atoms with Crippen LogP contribution < -0.4 is 19.7 Å². The maximum Gasteiger partial charge on any atom is 0.322 e. The van der Waals surface area contributed by atoms with Crippen LogP contribution >= 0.6 is 0 Å². The summed E-state index contributed by atoms with van der Waals surface area (Å²) >= 11 is 0. The third kappa shape index (κ3) is 4.20. The van der Waals surface area contributed by atoms with E-state index in [-0.39, 0.29) is 18.1 Å². The predicted molar refractivity (Wildman–Crippen MR) is 120 cm³/mol. The lowest BCUT2D eigenvalue weighted by molar-refractivity contribution is 0.0436. The maximum atomic E-state index is 12.6. The molecule has 1 saturated heterocycles. The number of fused-ring (bicyclic) bond motifs is 1. The molecule has 0 radical (unpaired) electrons. The third-order valence-electron chi connectivity index (χ3n) is 6.55. The van der Waals surface area contributed by atoms with Gasteiger partial charge in [-0.2, -0.15) is 0 Å². The van der Waals surface area contributed by atoms with E-state index in [9.17, 15) is 9.90 Å². The summed E-state index contributed by atoms with van der Waals surface area (Å²) in [7, 11) is 3.19. The minimum Gasteiger partial charge on any atom is -0.493 e. The summed E-state index contributed by atoms with van der Waals surface area (Å²) in [4.78, 5) is 16.8. The van der Waals surface area contributed by atoms with Crippen LogP contribution in [0.15, 0.2) is 42.5 Å². The van der Waals surface area contributed by atoms with Crippen molar-refractivity contribution in [2.45, 2.75) is 44.5 Å². The summed E-state index contributed by atoms with van der Waals surface area (Å²) in [6, 6.07) is 13.7. The van der Waals surface area contributed by atoms with Gasteiger partial charge in [0.15, 0.2) is 11.5 Å². The lowest BCUT2D eigenvalue weighted by Gasteiger charge is -2.43. The molecule has 2 heterocycles. The second-order valence-electron chi connectivity index (χ2n) is 8.22. The summed E-state index contributed by atoms with van der Waals surface area (Å²) < 4.78 is 10.7. The highest BCUT2D eigenvalue weighted by Gasteiger charge is 2.35. The van der Waals surface area contributed by atoms with E-state index < -0.39 is 6.10 Å².